The van der Waals surface area contributed by atoms with Crippen molar-refractivity contribution in [2.45, 2.75) is 32.7 Å². The van der Waals surface area contributed by atoms with Gasteiger partial charge >= 0.3 is 5.97 Å². The molecule has 0 aliphatic carbocycles. The number of aliphatic carboxylic acids is 1. The molecule has 0 radical (unpaired) electrons. The zero-order chi connectivity index (χ0) is 18.3. The number of benzene rings is 1. The summed E-state index contributed by atoms with van der Waals surface area (Å²) in [6, 6.07) is 2.65. The second kappa shape index (κ2) is 9.00. The van der Waals surface area contributed by atoms with Crippen LogP contribution in [-0.2, 0) is 16.0 Å². The molecule has 7 heteroatoms. The van der Waals surface area contributed by atoms with E-state index in [1.54, 1.807) is 26.0 Å². The van der Waals surface area contributed by atoms with Gasteiger partial charge in [0, 0.05) is 6.42 Å². The summed E-state index contributed by atoms with van der Waals surface area (Å²) in [5.74, 6) is -0.0294. The van der Waals surface area contributed by atoms with E-state index in [1.807, 2.05) is 0 Å². The molecule has 7 nitrogen and oxygen atoms in total. The van der Waals surface area contributed by atoms with E-state index in [4.69, 9.17) is 19.3 Å². The Labute approximate surface area is 141 Å². The lowest BCUT2D eigenvalue weighted by Crippen LogP contribution is -2.44. The fourth-order valence-corrected chi connectivity index (χ4v) is 2.30. The molecule has 1 aromatic carbocycles. The standard InChI is InChI=1S/C17H25NO6/c1-10(2)15(17(20)21)18-14(19)7-6-11-8-12(22-3)16(24-5)13(9-11)23-4/h8-10,15H,6-7H2,1-5H3,(H,18,19)(H,20,21)/t15-/m1/s1. The number of aryl methyl sites for hydroxylation is 1. The van der Waals surface area contributed by atoms with Crippen LogP contribution in [0.15, 0.2) is 12.1 Å². The molecule has 134 valence electrons. The molecule has 24 heavy (non-hydrogen) atoms. The Hall–Kier alpha value is -2.44. The van der Waals surface area contributed by atoms with E-state index in [-0.39, 0.29) is 18.2 Å². The first kappa shape index (κ1) is 19.6. The van der Waals surface area contributed by atoms with Crippen molar-refractivity contribution in [1.29, 1.82) is 0 Å². The second-order valence-electron chi connectivity index (χ2n) is 5.66. The first-order chi connectivity index (χ1) is 11.3. The number of carboxylic acids is 1. The van der Waals surface area contributed by atoms with Crippen molar-refractivity contribution in [2.24, 2.45) is 5.92 Å². The number of rotatable bonds is 9. The number of carboxylic acid groups (broad SMARTS) is 1. The molecule has 1 atom stereocenters. The van der Waals surface area contributed by atoms with Gasteiger partial charge in [-0.2, -0.15) is 0 Å². The third-order valence-corrected chi connectivity index (χ3v) is 3.61. The van der Waals surface area contributed by atoms with Gasteiger partial charge in [0.25, 0.3) is 0 Å². The van der Waals surface area contributed by atoms with E-state index in [1.165, 1.54) is 21.3 Å². The van der Waals surface area contributed by atoms with Crippen LogP contribution in [0.1, 0.15) is 25.8 Å². The van der Waals surface area contributed by atoms with Crippen LogP contribution in [0.3, 0.4) is 0 Å². The summed E-state index contributed by atoms with van der Waals surface area (Å²) < 4.78 is 15.8. The summed E-state index contributed by atoms with van der Waals surface area (Å²) in [5.41, 5.74) is 0.830. The van der Waals surface area contributed by atoms with Gasteiger partial charge in [-0.3, -0.25) is 4.79 Å². The number of hydrogen-bond acceptors (Lipinski definition) is 5. The van der Waals surface area contributed by atoms with Crippen LogP contribution >= 0.6 is 0 Å². The predicted molar refractivity (Wildman–Crippen MR) is 88.8 cm³/mol. The first-order valence-corrected chi connectivity index (χ1v) is 7.65. The maximum absolute atomic E-state index is 12.0. The molecule has 1 aromatic rings. The summed E-state index contributed by atoms with van der Waals surface area (Å²) >= 11 is 0. The lowest BCUT2D eigenvalue weighted by atomic mass is 10.0. The van der Waals surface area contributed by atoms with Crippen molar-refractivity contribution < 1.29 is 28.9 Å². The highest BCUT2D eigenvalue weighted by atomic mass is 16.5. The topological polar surface area (TPSA) is 94.1 Å². The van der Waals surface area contributed by atoms with Crippen molar-refractivity contribution in [3.05, 3.63) is 17.7 Å². The maximum atomic E-state index is 12.0. The van der Waals surface area contributed by atoms with Crippen LogP contribution in [-0.4, -0.2) is 44.4 Å². The molecule has 0 aromatic heterocycles. The van der Waals surface area contributed by atoms with E-state index in [9.17, 15) is 9.59 Å². The predicted octanol–water partition coefficient (Wildman–Crippen LogP) is 1.87. The number of ether oxygens (including phenoxy) is 3. The van der Waals surface area contributed by atoms with Crippen molar-refractivity contribution in [2.75, 3.05) is 21.3 Å². The summed E-state index contributed by atoms with van der Waals surface area (Å²) in [6.45, 7) is 3.50. The molecule has 2 N–H and O–H groups in total. The molecular formula is C17H25NO6. The Morgan fingerprint density at radius 2 is 1.62 bits per heavy atom. The number of amides is 1. The number of hydrogen-bond donors (Lipinski definition) is 2. The number of carbonyl (C=O) groups excluding carboxylic acids is 1. The second-order valence-corrected chi connectivity index (χ2v) is 5.66. The largest absolute Gasteiger partial charge is 0.493 e. The van der Waals surface area contributed by atoms with Gasteiger partial charge in [0.1, 0.15) is 6.04 Å². The molecule has 0 saturated heterocycles. The zero-order valence-corrected chi connectivity index (χ0v) is 14.7. The lowest BCUT2D eigenvalue weighted by Gasteiger charge is -2.18. The molecule has 0 heterocycles. The highest BCUT2D eigenvalue weighted by molar-refractivity contribution is 5.83. The van der Waals surface area contributed by atoms with Gasteiger partial charge < -0.3 is 24.6 Å². The maximum Gasteiger partial charge on any atom is 0.326 e. The molecule has 0 spiro atoms. The van der Waals surface area contributed by atoms with Gasteiger partial charge in [-0.25, -0.2) is 4.79 Å². The summed E-state index contributed by atoms with van der Waals surface area (Å²) in [5, 5.41) is 11.7. The molecule has 0 fully saturated rings. The van der Waals surface area contributed by atoms with Crippen molar-refractivity contribution >= 4 is 11.9 Å². The number of methoxy groups -OCH3 is 3. The van der Waals surface area contributed by atoms with Crippen molar-refractivity contribution in [1.82, 2.24) is 5.32 Å². The van der Waals surface area contributed by atoms with Crippen LogP contribution in [0.25, 0.3) is 0 Å². The Balaban J connectivity index is 2.80. The molecule has 0 unspecified atom stereocenters. The molecule has 1 rings (SSSR count). The average Bonchev–Trinajstić information content (AvgIpc) is 2.55. The van der Waals surface area contributed by atoms with Gasteiger partial charge in [0.15, 0.2) is 11.5 Å². The molecule has 1 amide bonds. The SMILES string of the molecule is COc1cc(CCC(=O)N[C@@H](C(=O)O)C(C)C)cc(OC)c1OC. The fraction of sp³-hybridized carbons (Fsp3) is 0.529. The Morgan fingerprint density at radius 3 is 2.00 bits per heavy atom. The van der Waals surface area contributed by atoms with Crippen LogP contribution in [0.2, 0.25) is 0 Å². The van der Waals surface area contributed by atoms with Gasteiger partial charge in [0.2, 0.25) is 11.7 Å². The van der Waals surface area contributed by atoms with Crippen LogP contribution < -0.4 is 19.5 Å². The van der Waals surface area contributed by atoms with E-state index in [2.05, 4.69) is 5.32 Å². The average molecular weight is 339 g/mol. The van der Waals surface area contributed by atoms with Crippen LogP contribution in [0.4, 0.5) is 0 Å². The van der Waals surface area contributed by atoms with Crippen LogP contribution in [0, 0.1) is 5.92 Å². The van der Waals surface area contributed by atoms with E-state index in [0.717, 1.165) is 5.56 Å². The van der Waals surface area contributed by atoms with E-state index < -0.39 is 12.0 Å². The highest BCUT2D eigenvalue weighted by Gasteiger charge is 2.23. The highest BCUT2D eigenvalue weighted by Crippen LogP contribution is 2.38. The normalized spacial score (nSPS) is 11.8. The molecule has 0 aliphatic heterocycles. The van der Waals surface area contributed by atoms with Crippen molar-refractivity contribution in [3.8, 4) is 17.2 Å². The fourth-order valence-electron chi connectivity index (χ4n) is 2.30. The minimum Gasteiger partial charge on any atom is -0.493 e. The first-order valence-electron chi connectivity index (χ1n) is 7.65. The van der Waals surface area contributed by atoms with E-state index in [0.29, 0.717) is 23.7 Å². The number of nitrogens with one attached hydrogen (secondary N) is 1. The van der Waals surface area contributed by atoms with Gasteiger partial charge in [0.05, 0.1) is 21.3 Å². The Kier molecular flexibility index (Phi) is 7.35. The molecular weight excluding hydrogens is 314 g/mol. The zero-order valence-electron chi connectivity index (χ0n) is 14.7. The summed E-state index contributed by atoms with van der Waals surface area (Å²) in [4.78, 5) is 23.1. The third kappa shape index (κ3) is 5.04. The molecule has 0 saturated carbocycles. The third-order valence-electron chi connectivity index (χ3n) is 3.61. The Morgan fingerprint density at radius 1 is 1.08 bits per heavy atom. The minimum atomic E-state index is -1.04. The van der Waals surface area contributed by atoms with E-state index >= 15 is 0 Å². The Bertz CT molecular complexity index is 559. The minimum absolute atomic E-state index is 0.162. The summed E-state index contributed by atoms with van der Waals surface area (Å²) in [7, 11) is 4.56. The van der Waals surface area contributed by atoms with Gasteiger partial charge in [-0.1, -0.05) is 13.8 Å². The molecule has 0 bridgehead atoms. The quantitative estimate of drug-likeness (QED) is 0.713. The monoisotopic (exact) mass is 339 g/mol. The smallest absolute Gasteiger partial charge is 0.326 e. The van der Waals surface area contributed by atoms with Crippen LogP contribution in [0.5, 0.6) is 17.2 Å². The van der Waals surface area contributed by atoms with Crippen molar-refractivity contribution in [3.63, 3.8) is 0 Å². The summed E-state index contributed by atoms with van der Waals surface area (Å²) in [6.07, 6.45) is 0.585. The van der Waals surface area contributed by atoms with Gasteiger partial charge in [-0.05, 0) is 30.0 Å². The lowest BCUT2D eigenvalue weighted by molar-refractivity contribution is -0.143. The number of carbonyl (C=O) groups is 2. The van der Waals surface area contributed by atoms with Gasteiger partial charge in [-0.15, -0.1) is 0 Å². The molecule has 0 aliphatic rings.